The summed E-state index contributed by atoms with van der Waals surface area (Å²) in [5, 5.41) is 0. The Morgan fingerprint density at radius 2 is 1.94 bits per heavy atom. The molecule has 0 amide bonds. The minimum Gasteiger partial charge on any atom is -0.308 e. The number of benzene rings is 1. The number of fused-ring (bicyclic) bond motifs is 1. The second kappa shape index (κ2) is 4.11. The van der Waals surface area contributed by atoms with Crippen LogP contribution in [0.5, 0.6) is 0 Å². The largest absolute Gasteiger partial charge is 0.308 e. The first-order chi connectivity index (χ1) is 8.18. The second-order valence-corrected chi connectivity index (χ2v) is 6.10. The highest BCUT2D eigenvalue weighted by molar-refractivity contribution is 5.18. The van der Waals surface area contributed by atoms with Crippen molar-refractivity contribution < 1.29 is 0 Å². The molecule has 2 heterocycles. The first-order valence-corrected chi connectivity index (χ1v) is 6.62. The molecule has 2 aliphatic heterocycles. The van der Waals surface area contributed by atoms with Gasteiger partial charge in [-0.1, -0.05) is 30.3 Å². The van der Waals surface area contributed by atoms with Gasteiger partial charge in [-0.15, -0.1) is 0 Å². The van der Waals surface area contributed by atoms with E-state index in [0.29, 0.717) is 5.54 Å². The Balaban J connectivity index is 1.71. The summed E-state index contributed by atoms with van der Waals surface area (Å²) in [6.07, 6.45) is 2.83. The molecule has 0 atom stereocenters. The van der Waals surface area contributed by atoms with Gasteiger partial charge in [0, 0.05) is 25.2 Å². The summed E-state index contributed by atoms with van der Waals surface area (Å²) < 4.78 is 0. The van der Waals surface area contributed by atoms with Crippen molar-refractivity contribution in [3.8, 4) is 0 Å². The second-order valence-electron chi connectivity index (χ2n) is 6.10. The van der Waals surface area contributed by atoms with Crippen LogP contribution >= 0.6 is 0 Å². The van der Waals surface area contributed by atoms with Crippen LogP contribution in [0.1, 0.15) is 18.4 Å². The van der Waals surface area contributed by atoms with Crippen molar-refractivity contribution in [2.75, 3.05) is 27.2 Å². The highest BCUT2D eigenvalue weighted by Crippen LogP contribution is 2.51. The van der Waals surface area contributed by atoms with Gasteiger partial charge in [0.25, 0.3) is 0 Å². The maximum absolute atomic E-state index is 2.72. The van der Waals surface area contributed by atoms with Crippen molar-refractivity contribution in [2.24, 2.45) is 5.92 Å². The van der Waals surface area contributed by atoms with E-state index >= 15 is 0 Å². The molecule has 0 unspecified atom stereocenters. The van der Waals surface area contributed by atoms with Crippen LogP contribution in [0.15, 0.2) is 30.3 Å². The highest BCUT2D eigenvalue weighted by atomic mass is 15.3. The van der Waals surface area contributed by atoms with E-state index in [9.17, 15) is 0 Å². The van der Waals surface area contributed by atoms with Gasteiger partial charge in [-0.2, -0.15) is 0 Å². The monoisotopic (exact) mass is 230 g/mol. The Kier molecular flexibility index (Phi) is 2.72. The van der Waals surface area contributed by atoms with Gasteiger partial charge >= 0.3 is 0 Å². The lowest BCUT2D eigenvalue weighted by atomic mass is 9.73. The molecule has 1 aromatic carbocycles. The van der Waals surface area contributed by atoms with E-state index in [1.165, 1.54) is 31.5 Å². The summed E-state index contributed by atoms with van der Waals surface area (Å²) in [5.41, 5.74) is 1.95. The molecule has 0 N–H and O–H groups in total. The van der Waals surface area contributed by atoms with Crippen molar-refractivity contribution in [1.82, 2.24) is 9.80 Å². The SMILES string of the molecule is CN(C)CC12CC(CN1Cc1ccccc1)C2. The third-order valence-corrected chi connectivity index (χ3v) is 4.31. The molecule has 0 radical (unpaired) electrons. The fraction of sp³-hybridized carbons (Fsp3) is 0.600. The summed E-state index contributed by atoms with van der Waals surface area (Å²) >= 11 is 0. The van der Waals surface area contributed by atoms with E-state index in [1.54, 1.807) is 0 Å². The lowest BCUT2D eigenvalue weighted by Gasteiger charge is -2.44. The number of likely N-dealkylation sites (N-methyl/N-ethyl adjacent to an activating group) is 1. The van der Waals surface area contributed by atoms with Crippen LogP contribution in [0.25, 0.3) is 0 Å². The van der Waals surface area contributed by atoms with Crippen LogP contribution < -0.4 is 0 Å². The third-order valence-electron chi connectivity index (χ3n) is 4.31. The minimum atomic E-state index is 0.490. The van der Waals surface area contributed by atoms with E-state index in [-0.39, 0.29) is 0 Å². The molecule has 0 aromatic heterocycles. The topological polar surface area (TPSA) is 6.48 Å². The lowest BCUT2D eigenvalue weighted by molar-refractivity contribution is 0.0693. The smallest absolute Gasteiger partial charge is 0.0346 e. The molecule has 3 fully saturated rings. The Hall–Kier alpha value is -0.860. The third kappa shape index (κ3) is 2.00. The van der Waals surface area contributed by atoms with E-state index in [2.05, 4.69) is 54.2 Å². The van der Waals surface area contributed by atoms with Crippen molar-refractivity contribution in [3.05, 3.63) is 35.9 Å². The summed E-state index contributed by atoms with van der Waals surface area (Å²) in [5.74, 6) is 0.971. The van der Waals surface area contributed by atoms with Crippen LogP contribution in [0.2, 0.25) is 0 Å². The van der Waals surface area contributed by atoms with E-state index in [1.807, 2.05) is 0 Å². The van der Waals surface area contributed by atoms with Gasteiger partial charge in [0.05, 0.1) is 0 Å². The standard InChI is InChI=1S/C15H22N2/c1-16(2)12-15-8-14(9-15)11-17(15)10-13-6-4-3-5-7-13/h3-7,14H,8-12H2,1-2H3. The van der Waals surface area contributed by atoms with Gasteiger partial charge in [-0.25, -0.2) is 0 Å². The minimum absolute atomic E-state index is 0.490. The molecular weight excluding hydrogens is 208 g/mol. The van der Waals surface area contributed by atoms with Crippen molar-refractivity contribution in [2.45, 2.75) is 24.9 Å². The molecule has 2 heteroatoms. The molecule has 1 saturated carbocycles. The molecule has 4 rings (SSSR count). The molecule has 1 aliphatic carbocycles. The van der Waals surface area contributed by atoms with E-state index < -0.39 is 0 Å². The predicted molar refractivity (Wildman–Crippen MR) is 70.9 cm³/mol. The van der Waals surface area contributed by atoms with Gasteiger partial charge in [0.15, 0.2) is 0 Å². The van der Waals surface area contributed by atoms with E-state index in [4.69, 9.17) is 0 Å². The summed E-state index contributed by atoms with van der Waals surface area (Å²) in [6, 6.07) is 10.9. The molecule has 2 bridgehead atoms. The molecule has 2 nitrogen and oxygen atoms in total. The highest BCUT2D eigenvalue weighted by Gasteiger charge is 2.55. The summed E-state index contributed by atoms with van der Waals surface area (Å²) in [6.45, 7) is 3.66. The molecule has 17 heavy (non-hydrogen) atoms. The molecule has 2 saturated heterocycles. The zero-order valence-electron chi connectivity index (χ0n) is 10.9. The van der Waals surface area contributed by atoms with E-state index in [0.717, 1.165) is 12.5 Å². The number of hydrogen-bond donors (Lipinski definition) is 0. The quantitative estimate of drug-likeness (QED) is 0.782. The zero-order chi connectivity index (χ0) is 11.9. The van der Waals surface area contributed by atoms with Gasteiger partial charge in [0.1, 0.15) is 0 Å². The van der Waals surface area contributed by atoms with Crippen LogP contribution in [-0.2, 0) is 6.54 Å². The Bertz CT molecular complexity index is 379. The zero-order valence-corrected chi connectivity index (χ0v) is 10.9. The molecule has 92 valence electrons. The maximum atomic E-state index is 2.72. The van der Waals surface area contributed by atoms with Gasteiger partial charge < -0.3 is 4.90 Å². The number of hydrogen-bond acceptors (Lipinski definition) is 2. The Morgan fingerprint density at radius 1 is 1.24 bits per heavy atom. The first kappa shape index (κ1) is 11.2. The first-order valence-electron chi connectivity index (χ1n) is 6.62. The van der Waals surface area contributed by atoms with Gasteiger partial charge in [-0.3, -0.25) is 4.90 Å². The Morgan fingerprint density at radius 3 is 2.59 bits per heavy atom. The summed E-state index contributed by atoms with van der Waals surface area (Å²) in [7, 11) is 4.39. The van der Waals surface area contributed by atoms with Crippen LogP contribution in [0, 0.1) is 5.92 Å². The average Bonchev–Trinajstić information content (AvgIpc) is 2.72. The molecule has 3 aliphatic rings. The summed E-state index contributed by atoms with van der Waals surface area (Å²) in [4.78, 5) is 5.06. The number of rotatable bonds is 4. The van der Waals surface area contributed by atoms with Crippen LogP contribution in [0.3, 0.4) is 0 Å². The Labute approximate surface area is 104 Å². The van der Waals surface area contributed by atoms with Crippen LogP contribution in [-0.4, -0.2) is 42.5 Å². The maximum Gasteiger partial charge on any atom is 0.0346 e. The van der Waals surface area contributed by atoms with Gasteiger partial charge in [0.2, 0.25) is 0 Å². The molecule has 0 spiro atoms. The fourth-order valence-corrected chi connectivity index (χ4v) is 3.76. The number of nitrogens with zero attached hydrogens (tertiary/aromatic N) is 2. The lowest BCUT2D eigenvalue weighted by Crippen LogP contribution is -2.52. The average molecular weight is 230 g/mol. The fourth-order valence-electron chi connectivity index (χ4n) is 3.76. The van der Waals surface area contributed by atoms with Crippen molar-refractivity contribution in [1.29, 1.82) is 0 Å². The molecule has 1 aromatic rings. The normalized spacial score (nSPS) is 31.8. The van der Waals surface area contributed by atoms with Crippen molar-refractivity contribution in [3.63, 3.8) is 0 Å². The molecular formula is C15H22N2. The van der Waals surface area contributed by atoms with Crippen LogP contribution in [0.4, 0.5) is 0 Å². The predicted octanol–water partition coefficient (Wildman–Crippen LogP) is 2.21. The van der Waals surface area contributed by atoms with Crippen molar-refractivity contribution >= 4 is 0 Å². The van der Waals surface area contributed by atoms with Gasteiger partial charge in [-0.05, 0) is 38.4 Å².